The third kappa shape index (κ3) is 7.23. The average molecular weight is 443 g/mol. The van der Waals surface area contributed by atoms with Crippen LogP contribution in [0.4, 0.5) is 26.3 Å². The number of rotatable bonds is 3. The van der Waals surface area contributed by atoms with E-state index < -0.39 is 23.5 Å². The van der Waals surface area contributed by atoms with Crippen molar-refractivity contribution >= 4 is 23.2 Å². The summed E-state index contributed by atoms with van der Waals surface area (Å²) in [7, 11) is 0. The van der Waals surface area contributed by atoms with Crippen LogP contribution < -0.4 is 5.73 Å². The first-order chi connectivity index (χ1) is 12.9. The average Bonchev–Trinajstić information content (AvgIpc) is 2.58. The van der Waals surface area contributed by atoms with Crippen molar-refractivity contribution in [2.45, 2.75) is 25.2 Å². The second-order valence-corrected chi connectivity index (χ2v) is 6.30. The van der Waals surface area contributed by atoms with E-state index >= 15 is 0 Å². The standard InChI is InChI=1S/C9H9ClF3N.C9H5ClF3N/c2*10-8-2-1-7(9(11,12)13)5-6(8)3-4-14/h1-2,5H,3-4,14H2;1-2,5H,3H2. The van der Waals surface area contributed by atoms with Crippen LogP contribution in [0.15, 0.2) is 36.4 Å². The van der Waals surface area contributed by atoms with Gasteiger partial charge in [0.1, 0.15) is 0 Å². The fourth-order valence-corrected chi connectivity index (χ4v) is 2.47. The Hall–Kier alpha value is -1.95. The van der Waals surface area contributed by atoms with Crippen LogP contribution in [-0.4, -0.2) is 6.54 Å². The first-order valence-corrected chi connectivity index (χ1v) is 8.44. The Kier molecular flexibility index (Phi) is 8.61. The molecule has 0 bridgehead atoms. The molecule has 0 heterocycles. The molecule has 152 valence electrons. The third-order valence-corrected chi connectivity index (χ3v) is 4.17. The lowest BCUT2D eigenvalue weighted by molar-refractivity contribution is -0.138. The zero-order valence-corrected chi connectivity index (χ0v) is 15.6. The molecule has 2 aromatic rings. The summed E-state index contributed by atoms with van der Waals surface area (Å²) in [6.45, 7) is 0.279. The Morgan fingerprint density at radius 2 is 1.25 bits per heavy atom. The highest BCUT2D eigenvalue weighted by molar-refractivity contribution is 6.31. The van der Waals surface area contributed by atoms with Gasteiger partial charge in [0.25, 0.3) is 0 Å². The van der Waals surface area contributed by atoms with E-state index in [0.29, 0.717) is 17.0 Å². The van der Waals surface area contributed by atoms with Gasteiger partial charge in [-0.25, -0.2) is 0 Å². The monoisotopic (exact) mass is 442 g/mol. The van der Waals surface area contributed by atoms with Crippen LogP contribution in [0, 0.1) is 11.3 Å². The topological polar surface area (TPSA) is 49.8 Å². The van der Waals surface area contributed by atoms with Gasteiger partial charge < -0.3 is 5.73 Å². The van der Waals surface area contributed by atoms with Gasteiger partial charge in [-0.05, 0) is 60.5 Å². The van der Waals surface area contributed by atoms with Crippen LogP contribution >= 0.6 is 23.2 Å². The summed E-state index contributed by atoms with van der Waals surface area (Å²) in [5.74, 6) is 0. The minimum Gasteiger partial charge on any atom is -0.330 e. The van der Waals surface area contributed by atoms with Gasteiger partial charge in [0, 0.05) is 10.0 Å². The molecule has 0 aliphatic heterocycles. The molecule has 0 saturated carbocycles. The molecule has 0 spiro atoms. The van der Waals surface area contributed by atoms with E-state index in [4.69, 9.17) is 34.2 Å². The zero-order valence-electron chi connectivity index (χ0n) is 14.1. The van der Waals surface area contributed by atoms with E-state index in [2.05, 4.69) is 0 Å². The van der Waals surface area contributed by atoms with Crippen molar-refractivity contribution in [1.82, 2.24) is 0 Å². The van der Waals surface area contributed by atoms with Crippen molar-refractivity contribution < 1.29 is 26.3 Å². The van der Waals surface area contributed by atoms with Crippen LogP contribution in [0.5, 0.6) is 0 Å². The molecule has 10 heteroatoms. The maximum atomic E-state index is 12.3. The molecule has 0 aliphatic rings. The van der Waals surface area contributed by atoms with Gasteiger partial charge >= 0.3 is 12.4 Å². The first kappa shape index (κ1) is 24.1. The van der Waals surface area contributed by atoms with Crippen LogP contribution in [-0.2, 0) is 25.2 Å². The molecule has 0 fully saturated rings. The molecule has 0 radical (unpaired) electrons. The predicted octanol–water partition coefficient (Wildman–Crippen LogP) is 6.28. The molecule has 0 unspecified atom stereocenters. The second-order valence-electron chi connectivity index (χ2n) is 5.48. The van der Waals surface area contributed by atoms with Gasteiger partial charge in [-0.2, -0.15) is 31.6 Å². The molecule has 2 nitrogen and oxygen atoms in total. The van der Waals surface area contributed by atoms with Gasteiger partial charge in [0.15, 0.2) is 0 Å². The third-order valence-electron chi connectivity index (χ3n) is 3.43. The quantitative estimate of drug-likeness (QED) is 0.568. The largest absolute Gasteiger partial charge is 0.416 e. The van der Waals surface area contributed by atoms with Crippen LogP contribution in [0.3, 0.4) is 0 Å². The van der Waals surface area contributed by atoms with E-state index in [-0.39, 0.29) is 23.6 Å². The van der Waals surface area contributed by atoms with Crippen molar-refractivity contribution in [3.05, 3.63) is 68.7 Å². The zero-order chi connectivity index (χ0) is 21.5. The summed E-state index contributed by atoms with van der Waals surface area (Å²) in [5.41, 5.74) is 4.41. The normalized spacial score (nSPS) is 11.4. The molecule has 0 aromatic heterocycles. The number of alkyl halides is 6. The molecule has 0 aliphatic carbocycles. The molecule has 2 aromatic carbocycles. The Bertz CT molecular complexity index is 841. The molecule has 0 saturated heterocycles. The first-order valence-electron chi connectivity index (χ1n) is 7.68. The Balaban J connectivity index is 0.000000280. The molecular weight excluding hydrogens is 429 g/mol. The molecule has 0 atom stereocenters. The minimum absolute atomic E-state index is 0.122. The highest BCUT2D eigenvalue weighted by Crippen LogP contribution is 2.32. The van der Waals surface area contributed by atoms with E-state index in [0.717, 1.165) is 30.3 Å². The fraction of sp³-hybridized carbons (Fsp3) is 0.278. The number of hydrogen-bond acceptors (Lipinski definition) is 2. The van der Waals surface area contributed by atoms with E-state index in [1.807, 2.05) is 0 Å². The highest BCUT2D eigenvalue weighted by Gasteiger charge is 2.31. The number of nitrogens with two attached hydrogens (primary N) is 1. The van der Waals surface area contributed by atoms with Gasteiger partial charge in [0.05, 0.1) is 23.6 Å². The molecule has 2 rings (SSSR count). The SMILES string of the molecule is N#CCc1cc(C(F)(F)F)ccc1Cl.NCCc1cc(C(F)(F)F)ccc1Cl. The summed E-state index contributed by atoms with van der Waals surface area (Å²) < 4.78 is 73.4. The van der Waals surface area contributed by atoms with Gasteiger partial charge in [-0.3, -0.25) is 0 Å². The van der Waals surface area contributed by atoms with Gasteiger partial charge in [-0.15, -0.1) is 0 Å². The number of nitrogens with zero attached hydrogens (tertiary/aromatic N) is 1. The number of halogens is 8. The van der Waals surface area contributed by atoms with Crippen LogP contribution in [0.25, 0.3) is 0 Å². The smallest absolute Gasteiger partial charge is 0.330 e. The lowest BCUT2D eigenvalue weighted by atomic mass is 10.1. The summed E-state index contributed by atoms with van der Waals surface area (Å²) in [4.78, 5) is 0. The van der Waals surface area contributed by atoms with E-state index in [1.165, 1.54) is 6.07 Å². The van der Waals surface area contributed by atoms with Crippen LogP contribution in [0.1, 0.15) is 22.3 Å². The number of benzene rings is 2. The van der Waals surface area contributed by atoms with Crippen molar-refractivity contribution in [3.63, 3.8) is 0 Å². The van der Waals surface area contributed by atoms with Crippen molar-refractivity contribution in [1.29, 1.82) is 5.26 Å². The number of nitriles is 1. The maximum absolute atomic E-state index is 12.3. The predicted molar refractivity (Wildman–Crippen MR) is 95.0 cm³/mol. The molecule has 2 N–H and O–H groups in total. The van der Waals surface area contributed by atoms with E-state index in [1.54, 1.807) is 6.07 Å². The lowest BCUT2D eigenvalue weighted by Crippen LogP contribution is -2.08. The number of hydrogen-bond donors (Lipinski definition) is 1. The van der Waals surface area contributed by atoms with Crippen molar-refractivity contribution in [2.24, 2.45) is 5.73 Å². The highest BCUT2D eigenvalue weighted by atomic mass is 35.5. The molecular formula is C18H14Cl2F6N2. The fourth-order valence-electron chi connectivity index (χ4n) is 2.07. The van der Waals surface area contributed by atoms with E-state index in [9.17, 15) is 26.3 Å². The van der Waals surface area contributed by atoms with Crippen LogP contribution in [0.2, 0.25) is 10.0 Å². The maximum Gasteiger partial charge on any atom is 0.416 e. The second kappa shape index (κ2) is 10.0. The Morgan fingerprint density at radius 3 is 1.64 bits per heavy atom. The molecule has 28 heavy (non-hydrogen) atoms. The lowest BCUT2D eigenvalue weighted by Gasteiger charge is -2.09. The summed E-state index contributed by atoms with van der Waals surface area (Å²) in [6.07, 6.45) is -8.49. The Labute approximate surface area is 167 Å². The molecule has 0 amide bonds. The minimum atomic E-state index is -4.39. The van der Waals surface area contributed by atoms with Crippen molar-refractivity contribution in [2.75, 3.05) is 6.54 Å². The summed E-state index contributed by atoms with van der Waals surface area (Å²) >= 11 is 11.3. The summed E-state index contributed by atoms with van der Waals surface area (Å²) in [5, 5.41) is 8.85. The summed E-state index contributed by atoms with van der Waals surface area (Å²) in [6, 6.07) is 7.93. The van der Waals surface area contributed by atoms with Gasteiger partial charge in [-0.1, -0.05) is 23.2 Å². The Morgan fingerprint density at radius 1 is 0.821 bits per heavy atom. The van der Waals surface area contributed by atoms with Crippen molar-refractivity contribution in [3.8, 4) is 6.07 Å². The van der Waals surface area contributed by atoms with Gasteiger partial charge in [0.2, 0.25) is 0 Å².